The van der Waals surface area contributed by atoms with E-state index >= 15 is 0 Å². The van der Waals surface area contributed by atoms with Gasteiger partial charge < -0.3 is 10.0 Å². The summed E-state index contributed by atoms with van der Waals surface area (Å²) >= 11 is 0. The Hall–Kier alpha value is -2.17. The fraction of sp³-hybridized carbons (Fsp3) is 0.308. The van der Waals surface area contributed by atoms with E-state index in [0.717, 1.165) is 12.8 Å². The first kappa shape index (κ1) is 13.9. The number of carbonyl (C=O) groups is 2. The molecule has 1 amide bonds. The van der Waals surface area contributed by atoms with Gasteiger partial charge in [0.25, 0.3) is 5.91 Å². The Bertz CT molecular complexity index is 440. The van der Waals surface area contributed by atoms with Crippen molar-refractivity contribution >= 4 is 11.9 Å². The van der Waals surface area contributed by atoms with Crippen LogP contribution in [0.1, 0.15) is 33.7 Å². The summed E-state index contributed by atoms with van der Waals surface area (Å²) in [6.45, 7) is 4.23. The molecule has 0 aliphatic rings. The van der Waals surface area contributed by atoms with Crippen molar-refractivity contribution in [3.05, 3.63) is 42.2 Å². The number of allylic oxidation sites excluding steroid dienone is 1. The van der Waals surface area contributed by atoms with E-state index in [1.54, 1.807) is 18.0 Å². The zero-order valence-corrected chi connectivity index (χ0v) is 10.3. The highest BCUT2D eigenvalue weighted by molar-refractivity contribution is 5.93. The van der Waals surface area contributed by atoms with Crippen molar-refractivity contribution in [2.75, 3.05) is 13.6 Å². The number of carbonyl (C=O) groups excluding carboxylic acids is 1. The lowest BCUT2D eigenvalue weighted by atomic mass is 10.2. The lowest BCUT2D eigenvalue weighted by Crippen LogP contribution is -2.28. The average Bonchev–Trinajstić information content (AvgIpc) is 2.38. The van der Waals surface area contributed by atoms with Crippen LogP contribution in [-0.2, 0) is 0 Å². The highest BCUT2D eigenvalue weighted by atomic mass is 16.4. The second-order valence-corrected chi connectivity index (χ2v) is 3.89. The molecule has 0 radical (unpaired) electrons. The van der Waals surface area contributed by atoms with E-state index in [0.29, 0.717) is 6.54 Å². The molecule has 1 N–H and O–H groups in total. The molecule has 5 heteroatoms. The Kier molecular flexibility index (Phi) is 5.05. The molecule has 0 aliphatic carbocycles. The van der Waals surface area contributed by atoms with Crippen LogP contribution in [0.4, 0.5) is 0 Å². The van der Waals surface area contributed by atoms with Gasteiger partial charge in [-0.2, -0.15) is 0 Å². The Labute approximate surface area is 106 Å². The van der Waals surface area contributed by atoms with Gasteiger partial charge in [-0.3, -0.25) is 9.78 Å². The van der Waals surface area contributed by atoms with E-state index in [4.69, 9.17) is 5.11 Å². The molecule has 1 rings (SSSR count). The first-order valence-electron chi connectivity index (χ1n) is 5.62. The molecule has 0 aliphatic heterocycles. The SMILES string of the molecule is C=CCCCN(C)C(=O)c1ccc(C(=O)O)cn1. The minimum absolute atomic E-state index is 0.0702. The van der Waals surface area contributed by atoms with E-state index < -0.39 is 5.97 Å². The van der Waals surface area contributed by atoms with Crippen LogP contribution in [0.25, 0.3) is 0 Å². The zero-order valence-electron chi connectivity index (χ0n) is 10.3. The second kappa shape index (κ2) is 6.54. The molecule has 1 aromatic heterocycles. The van der Waals surface area contributed by atoms with Crippen LogP contribution in [0, 0.1) is 0 Å². The molecule has 1 aromatic rings. The summed E-state index contributed by atoms with van der Waals surface area (Å²) in [5, 5.41) is 8.72. The number of carboxylic acids is 1. The maximum atomic E-state index is 11.9. The fourth-order valence-corrected chi connectivity index (χ4v) is 1.42. The van der Waals surface area contributed by atoms with E-state index in [9.17, 15) is 9.59 Å². The number of carboxylic acid groups (broad SMARTS) is 1. The quantitative estimate of drug-likeness (QED) is 0.615. The molecule has 0 spiro atoms. The van der Waals surface area contributed by atoms with E-state index in [2.05, 4.69) is 11.6 Å². The second-order valence-electron chi connectivity index (χ2n) is 3.89. The highest BCUT2D eigenvalue weighted by Crippen LogP contribution is 2.04. The summed E-state index contributed by atoms with van der Waals surface area (Å²) in [6, 6.07) is 2.80. The smallest absolute Gasteiger partial charge is 0.337 e. The van der Waals surface area contributed by atoms with Gasteiger partial charge in [-0.05, 0) is 25.0 Å². The van der Waals surface area contributed by atoms with Crippen LogP contribution in [0.2, 0.25) is 0 Å². The van der Waals surface area contributed by atoms with Gasteiger partial charge in [0.15, 0.2) is 0 Å². The molecule has 0 fully saturated rings. The number of nitrogens with zero attached hydrogens (tertiary/aromatic N) is 2. The van der Waals surface area contributed by atoms with Crippen LogP contribution in [0.15, 0.2) is 31.0 Å². The molecule has 18 heavy (non-hydrogen) atoms. The summed E-state index contributed by atoms with van der Waals surface area (Å²) in [4.78, 5) is 28.0. The molecular weight excluding hydrogens is 232 g/mol. The summed E-state index contributed by atoms with van der Waals surface area (Å²) in [7, 11) is 1.69. The number of aromatic carboxylic acids is 1. The predicted octanol–water partition coefficient (Wildman–Crippen LogP) is 1.82. The number of hydrogen-bond acceptors (Lipinski definition) is 3. The predicted molar refractivity (Wildman–Crippen MR) is 67.6 cm³/mol. The maximum Gasteiger partial charge on any atom is 0.337 e. The van der Waals surface area contributed by atoms with Crippen molar-refractivity contribution in [2.24, 2.45) is 0 Å². The van der Waals surface area contributed by atoms with Crippen molar-refractivity contribution in [1.82, 2.24) is 9.88 Å². The molecule has 1 heterocycles. The van der Waals surface area contributed by atoms with Crippen molar-refractivity contribution in [3.8, 4) is 0 Å². The topological polar surface area (TPSA) is 70.5 Å². The van der Waals surface area contributed by atoms with Crippen LogP contribution in [-0.4, -0.2) is 40.5 Å². The molecule has 5 nitrogen and oxygen atoms in total. The molecule has 0 unspecified atom stereocenters. The summed E-state index contributed by atoms with van der Waals surface area (Å²) in [5.41, 5.74) is 0.321. The maximum absolute atomic E-state index is 11.9. The van der Waals surface area contributed by atoms with E-state index in [1.165, 1.54) is 18.3 Å². The van der Waals surface area contributed by atoms with Crippen LogP contribution in [0.3, 0.4) is 0 Å². The minimum Gasteiger partial charge on any atom is -0.478 e. The third kappa shape index (κ3) is 3.69. The van der Waals surface area contributed by atoms with E-state index in [-0.39, 0.29) is 17.2 Å². The largest absolute Gasteiger partial charge is 0.478 e. The third-order valence-corrected chi connectivity index (χ3v) is 2.48. The van der Waals surface area contributed by atoms with Gasteiger partial charge in [-0.15, -0.1) is 6.58 Å². The minimum atomic E-state index is -1.05. The van der Waals surface area contributed by atoms with Crippen molar-refractivity contribution in [3.63, 3.8) is 0 Å². The number of rotatable bonds is 6. The van der Waals surface area contributed by atoms with Crippen molar-refractivity contribution in [2.45, 2.75) is 12.8 Å². The zero-order chi connectivity index (χ0) is 13.5. The lowest BCUT2D eigenvalue weighted by molar-refractivity contribution is 0.0694. The van der Waals surface area contributed by atoms with Gasteiger partial charge >= 0.3 is 5.97 Å². The van der Waals surface area contributed by atoms with Crippen molar-refractivity contribution in [1.29, 1.82) is 0 Å². The lowest BCUT2D eigenvalue weighted by Gasteiger charge is -2.16. The summed E-state index contributed by atoms with van der Waals surface area (Å²) < 4.78 is 0. The normalized spacial score (nSPS) is 9.83. The molecule has 0 bridgehead atoms. The van der Waals surface area contributed by atoms with Crippen molar-refractivity contribution < 1.29 is 14.7 Å². The number of aromatic nitrogens is 1. The molecule has 0 saturated heterocycles. The van der Waals surface area contributed by atoms with Gasteiger partial charge in [-0.1, -0.05) is 6.08 Å². The third-order valence-electron chi connectivity index (χ3n) is 2.48. The fourth-order valence-electron chi connectivity index (χ4n) is 1.42. The van der Waals surface area contributed by atoms with Gasteiger partial charge in [-0.25, -0.2) is 4.79 Å². The van der Waals surface area contributed by atoms with Crippen LogP contribution in [0.5, 0.6) is 0 Å². The molecule has 0 atom stereocenters. The number of pyridine rings is 1. The molecule has 96 valence electrons. The molecule has 0 aromatic carbocycles. The molecule has 0 saturated carbocycles. The molecular formula is C13H16N2O3. The summed E-state index contributed by atoms with van der Waals surface area (Å²) in [5.74, 6) is -1.27. The van der Waals surface area contributed by atoms with Crippen LogP contribution >= 0.6 is 0 Å². The highest BCUT2D eigenvalue weighted by Gasteiger charge is 2.13. The monoisotopic (exact) mass is 248 g/mol. The van der Waals surface area contributed by atoms with Gasteiger partial charge in [0.1, 0.15) is 5.69 Å². The average molecular weight is 248 g/mol. The Balaban J connectivity index is 2.65. The first-order chi connectivity index (χ1) is 8.56. The van der Waals surface area contributed by atoms with Gasteiger partial charge in [0, 0.05) is 19.8 Å². The standard InChI is InChI=1S/C13H16N2O3/c1-3-4-5-8-15(2)12(16)11-7-6-10(9-14-11)13(17)18/h3,6-7,9H,1,4-5,8H2,2H3,(H,17,18). The van der Waals surface area contributed by atoms with Crippen LogP contribution < -0.4 is 0 Å². The number of unbranched alkanes of at least 4 members (excludes halogenated alkanes) is 1. The number of amides is 1. The Morgan fingerprint density at radius 3 is 2.72 bits per heavy atom. The van der Waals surface area contributed by atoms with Gasteiger partial charge in [0.05, 0.1) is 5.56 Å². The Morgan fingerprint density at radius 2 is 2.22 bits per heavy atom. The Morgan fingerprint density at radius 1 is 1.50 bits per heavy atom. The van der Waals surface area contributed by atoms with Gasteiger partial charge in [0.2, 0.25) is 0 Å². The van der Waals surface area contributed by atoms with E-state index in [1.807, 2.05) is 0 Å². The summed E-state index contributed by atoms with van der Waals surface area (Å²) in [6.07, 6.45) is 4.69. The first-order valence-corrected chi connectivity index (χ1v) is 5.62. The number of hydrogen-bond donors (Lipinski definition) is 1.